The maximum atomic E-state index is 10.4. The van der Waals surface area contributed by atoms with E-state index in [9.17, 15) is 4.79 Å². The van der Waals surface area contributed by atoms with Crippen molar-refractivity contribution in [2.75, 3.05) is 19.6 Å². The lowest BCUT2D eigenvalue weighted by atomic mass is 10.2. The van der Waals surface area contributed by atoms with Gasteiger partial charge in [0.2, 0.25) is 0 Å². The van der Waals surface area contributed by atoms with Crippen LogP contribution < -0.4 is 5.73 Å². The summed E-state index contributed by atoms with van der Waals surface area (Å²) in [5.41, 5.74) is 5.39. The molecule has 0 aliphatic carbocycles. The first-order chi connectivity index (χ1) is 6.11. The summed E-state index contributed by atoms with van der Waals surface area (Å²) >= 11 is 0. The Kier molecular flexibility index (Phi) is 6.54. The molecule has 13 heavy (non-hydrogen) atoms. The Balaban J connectivity index is 3.64. The van der Waals surface area contributed by atoms with Crippen LogP contribution in [0.3, 0.4) is 0 Å². The fraction of sp³-hybridized carbons (Fsp3) is 0.889. The van der Waals surface area contributed by atoms with Crippen LogP contribution in [-0.2, 0) is 4.79 Å². The number of rotatable bonds is 7. The van der Waals surface area contributed by atoms with E-state index in [2.05, 4.69) is 18.7 Å². The number of aliphatic carboxylic acids is 1. The summed E-state index contributed by atoms with van der Waals surface area (Å²) in [5, 5.41) is 8.55. The third-order valence-electron chi connectivity index (χ3n) is 2.06. The predicted octanol–water partition coefficient (Wildman–Crippen LogP) is 0.520. The van der Waals surface area contributed by atoms with Gasteiger partial charge in [-0.25, -0.2) is 0 Å². The molecule has 0 spiro atoms. The van der Waals surface area contributed by atoms with Gasteiger partial charge in [0, 0.05) is 6.54 Å². The number of nitrogens with zero attached hydrogens (tertiary/aromatic N) is 1. The van der Waals surface area contributed by atoms with Gasteiger partial charge in [-0.2, -0.15) is 0 Å². The minimum Gasteiger partial charge on any atom is -0.480 e. The van der Waals surface area contributed by atoms with E-state index in [1.54, 1.807) is 0 Å². The van der Waals surface area contributed by atoms with Gasteiger partial charge < -0.3 is 15.7 Å². The van der Waals surface area contributed by atoms with E-state index >= 15 is 0 Å². The summed E-state index contributed by atoms with van der Waals surface area (Å²) in [7, 11) is 0. The number of hydrogen-bond acceptors (Lipinski definition) is 3. The van der Waals surface area contributed by atoms with Crippen LogP contribution in [0, 0.1) is 0 Å². The molecule has 0 amide bonds. The normalized spacial score (nSPS) is 13.2. The highest BCUT2D eigenvalue weighted by molar-refractivity contribution is 5.72. The molecular weight excluding hydrogens is 168 g/mol. The SMILES string of the molecule is CCCN(CC)CCC(N)C(=O)O. The fourth-order valence-electron chi connectivity index (χ4n) is 1.19. The van der Waals surface area contributed by atoms with Crippen molar-refractivity contribution in [1.82, 2.24) is 4.90 Å². The predicted molar refractivity (Wildman–Crippen MR) is 52.6 cm³/mol. The summed E-state index contributed by atoms with van der Waals surface area (Å²) in [6, 6.07) is -0.717. The average Bonchev–Trinajstić information content (AvgIpc) is 2.11. The Morgan fingerprint density at radius 3 is 2.46 bits per heavy atom. The maximum Gasteiger partial charge on any atom is 0.320 e. The van der Waals surface area contributed by atoms with Gasteiger partial charge in [-0.3, -0.25) is 4.79 Å². The Bertz CT molecular complexity index is 151. The first kappa shape index (κ1) is 12.4. The van der Waals surface area contributed by atoms with Crippen LogP contribution in [0.5, 0.6) is 0 Å². The quantitative estimate of drug-likeness (QED) is 0.611. The number of carboxylic acids is 1. The lowest BCUT2D eigenvalue weighted by Crippen LogP contribution is -2.35. The van der Waals surface area contributed by atoms with E-state index < -0.39 is 12.0 Å². The van der Waals surface area contributed by atoms with E-state index in [4.69, 9.17) is 10.8 Å². The molecule has 4 nitrogen and oxygen atoms in total. The molecule has 0 bridgehead atoms. The van der Waals surface area contributed by atoms with Crippen molar-refractivity contribution in [3.8, 4) is 0 Å². The van der Waals surface area contributed by atoms with Crippen LogP contribution in [0.1, 0.15) is 26.7 Å². The Morgan fingerprint density at radius 1 is 1.46 bits per heavy atom. The molecule has 3 N–H and O–H groups in total. The van der Waals surface area contributed by atoms with E-state index in [0.29, 0.717) is 6.42 Å². The number of carboxylic acid groups (broad SMARTS) is 1. The van der Waals surface area contributed by atoms with Crippen molar-refractivity contribution in [1.29, 1.82) is 0 Å². The maximum absolute atomic E-state index is 10.4. The molecular formula is C9H20N2O2. The van der Waals surface area contributed by atoms with Crippen LogP contribution in [0.15, 0.2) is 0 Å². The Morgan fingerprint density at radius 2 is 2.08 bits per heavy atom. The largest absolute Gasteiger partial charge is 0.480 e. The van der Waals surface area contributed by atoms with Crippen LogP contribution in [0.4, 0.5) is 0 Å². The highest BCUT2D eigenvalue weighted by Crippen LogP contribution is 1.96. The molecule has 0 rings (SSSR count). The van der Waals surface area contributed by atoms with E-state index in [-0.39, 0.29) is 0 Å². The van der Waals surface area contributed by atoms with Crippen LogP contribution in [-0.4, -0.2) is 41.7 Å². The smallest absolute Gasteiger partial charge is 0.320 e. The van der Waals surface area contributed by atoms with Crippen LogP contribution in [0.2, 0.25) is 0 Å². The number of carbonyl (C=O) groups is 1. The molecule has 0 aliphatic rings. The van der Waals surface area contributed by atoms with E-state index in [1.165, 1.54) is 0 Å². The minimum atomic E-state index is -0.910. The number of hydrogen-bond donors (Lipinski definition) is 2. The molecule has 0 radical (unpaired) electrons. The van der Waals surface area contributed by atoms with Crippen molar-refractivity contribution in [2.45, 2.75) is 32.7 Å². The summed E-state index contributed by atoms with van der Waals surface area (Å²) in [5.74, 6) is -0.910. The monoisotopic (exact) mass is 188 g/mol. The van der Waals surface area contributed by atoms with Crippen molar-refractivity contribution in [2.24, 2.45) is 5.73 Å². The van der Waals surface area contributed by atoms with E-state index in [0.717, 1.165) is 26.1 Å². The van der Waals surface area contributed by atoms with Gasteiger partial charge >= 0.3 is 5.97 Å². The minimum absolute atomic E-state index is 0.531. The second kappa shape index (κ2) is 6.86. The van der Waals surface area contributed by atoms with Gasteiger partial charge in [-0.1, -0.05) is 13.8 Å². The Hall–Kier alpha value is -0.610. The molecule has 0 saturated carbocycles. The average molecular weight is 188 g/mol. The molecule has 0 aromatic heterocycles. The molecule has 0 aliphatic heterocycles. The van der Waals surface area contributed by atoms with E-state index in [1.807, 2.05) is 0 Å². The zero-order valence-electron chi connectivity index (χ0n) is 8.49. The lowest BCUT2D eigenvalue weighted by Gasteiger charge is -2.20. The zero-order chi connectivity index (χ0) is 10.3. The first-order valence-corrected chi connectivity index (χ1v) is 4.82. The highest BCUT2D eigenvalue weighted by atomic mass is 16.4. The molecule has 0 aromatic carbocycles. The van der Waals surface area contributed by atoms with Crippen LogP contribution in [0.25, 0.3) is 0 Å². The van der Waals surface area contributed by atoms with Crippen molar-refractivity contribution in [3.05, 3.63) is 0 Å². The molecule has 0 aromatic rings. The number of nitrogens with two attached hydrogens (primary N) is 1. The lowest BCUT2D eigenvalue weighted by molar-refractivity contribution is -0.138. The molecule has 1 atom stereocenters. The van der Waals surface area contributed by atoms with Gasteiger partial charge in [-0.15, -0.1) is 0 Å². The third kappa shape index (κ3) is 5.60. The molecule has 1 unspecified atom stereocenters. The molecule has 0 saturated heterocycles. The van der Waals surface area contributed by atoms with Gasteiger partial charge in [0.15, 0.2) is 0 Å². The first-order valence-electron chi connectivity index (χ1n) is 4.82. The highest BCUT2D eigenvalue weighted by Gasteiger charge is 2.12. The molecule has 78 valence electrons. The van der Waals surface area contributed by atoms with Gasteiger partial charge in [0.05, 0.1) is 0 Å². The zero-order valence-corrected chi connectivity index (χ0v) is 8.49. The van der Waals surface area contributed by atoms with Gasteiger partial charge in [0.1, 0.15) is 6.04 Å². The third-order valence-corrected chi connectivity index (χ3v) is 2.06. The van der Waals surface area contributed by atoms with Gasteiger partial charge in [0.25, 0.3) is 0 Å². The topological polar surface area (TPSA) is 66.6 Å². The van der Waals surface area contributed by atoms with Crippen LogP contribution >= 0.6 is 0 Å². The summed E-state index contributed by atoms with van der Waals surface area (Å²) in [4.78, 5) is 12.6. The molecule has 4 heteroatoms. The summed E-state index contributed by atoms with van der Waals surface area (Å²) in [6.07, 6.45) is 1.62. The second-order valence-electron chi connectivity index (χ2n) is 3.17. The van der Waals surface area contributed by atoms with Crippen molar-refractivity contribution in [3.63, 3.8) is 0 Å². The fourth-order valence-corrected chi connectivity index (χ4v) is 1.19. The van der Waals surface area contributed by atoms with Gasteiger partial charge in [-0.05, 0) is 25.9 Å². The molecule has 0 heterocycles. The molecule has 0 fully saturated rings. The Labute approximate surface area is 79.7 Å². The second-order valence-corrected chi connectivity index (χ2v) is 3.17. The van der Waals surface area contributed by atoms with Crippen molar-refractivity contribution >= 4 is 5.97 Å². The standard InChI is InChI=1S/C9H20N2O2/c1-3-6-11(4-2)7-5-8(10)9(12)13/h8H,3-7,10H2,1-2H3,(H,12,13). The summed E-state index contributed by atoms with van der Waals surface area (Å²) < 4.78 is 0. The summed E-state index contributed by atoms with van der Waals surface area (Å²) in [6.45, 7) is 6.93. The van der Waals surface area contributed by atoms with Crippen molar-refractivity contribution < 1.29 is 9.90 Å².